The first-order valence-corrected chi connectivity index (χ1v) is 7.73. The van der Waals surface area contributed by atoms with Gasteiger partial charge in [-0.3, -0.25) is 4.79 Å². The van der Waals surface area contributed by atoms with E-state index in [0.29, 0.717) is 5.13 Å². The summed E-state index contributed by atoms with van der Waals surface area (Å²) in [5, 5.41) is 1.44. The molecule has 1 aromatic carbocycles. The first-order valence-electron chi connectivity index (χ1n) is 5.97. The Kier molecular flexibility index (Phi) is 5.37. The van der Waals surface area contributed by atoms with Crippen molar-refractivity contribution in [3.8, 4) is 0 Å². The van der Waals surface area contributed by atoms with Gasteiger partial charge in [0.15, 0.2) is 0 Å². The predicted molar refractivity (Wildman–Crippen MR) is 81.2 cm³/mol. The van der Waals surface area contributed by atoms with Crippen LogP contribution in [0.1, 0.15) is 5.56 Å². The second-order valence-corrected chi connectivity index (χ2v) is 5.74. The lowest BCUT2D eigenvalue weighted by atomic mass is 10.2. The van der Waals surface area contributed by atoms with Gasteiger partial charge in [0.05, 0.1) is 7.11 Å². The zero-order valence-electron chi connectivity index (χ0n) is 11.3. The molecule has 106 valence electrons. The first kappa shape index (κ1) is 14.8. The molecular weight excluding hydrogens is 294 g/mol. The Bertz CT molecular complexity index is 560. The molecule has 0 saturated carbocycles. The Labute approximate surface area is 126 Å². The standard InChI is InChI=1S/C13H15N3O2S2/c1-16(8-11(17)18-2)13-14-12(15-20-13)19-9-10-6-4-3-5-7-10/h3-7H,8-9H2,1-2H3. The topological polar surface area (TPSA) is 55.3 Å². The zero-order chi connectivity index (χ0) is 14.4. The van der Waals surface area contributed by atoms with Crippen molar-refractivity contribution in [2.75, 3.05) is 25.6 Å². The molecule has 0 radical (unpaired) electrons. The monoisotopic (exact) mass is 309 g/mol. The maximum absolute atomic E-state index is 11.2. The van der Waals surface area contributed by atoms with Crippen LogP contribution in [-0.4, -0.2) is 36.0 Å². The highest BCUT2D eigenvalue weighted by Crippen LogP contribution is 2.25. The average molecular weight is 309 g/mol. The molecule has 0 aliphatic carbocycles. The van der Waals surface area contributed by atoms with Gasteiger partial charge < -0.3 is 9.64 Å². The summed E-state index contributed by atoms with van der Waals surface area (Å²) in [7, 11) is 3.17. The lowest BCUT2D eigenvalue weighted by Gasteiger charge is -2.12. The van der Waals surface area contributed by atoms with E-state index in [9.17, 15) is 4.79 Å². The molecule has 0 aliphatic rings. The van der Waals surface area contributed by atoms with Gasteiger partial charge in [-0.15, -0.1) is 0 Å². The molecule has 0 fully saturated rings. The van der Waals surface area contributed by atoms with Crippen molar-refractivity contribution < 1.29 is 9.53 Å². The number of nitrogens with zero attached hydrogens (tertiary/aromatic N) is 3. The summed E-state index contributed by atoms with van der Waals surface area (Å²) in [4.78, 5) is 17.3. The highest BCUT2D eigenvalue weighted by molar-refractivity contribution is 7.98. The number of anilines is 1. The number of methoxy groups -OCH3 is 1. The quantitative estimate of drug-likeness (QED) is 0.603. The molecule has 0 unspecified atom stereocenters. The van der Waals surface area contributed by atoms with E-state index in [1.807, 2.05) is 18.2 Å². The number of thioether (sulfide) groups is 1. The molecule has 7 heteroatoms. The molecule has 0 aliphatic heterocycles. The first-order chi connectivity index (χ1) is 9.69. The van der Waals surface area contributed by atoms with Crippen LogP contribution in [0.3, 0.4) is 0 Å². The van der Waals surface area contributed by atoms with Crippen LogP contribution in [0.4, 0.5) is 5.13 Å². The van der Waals surface area contributed by atoms with Gasteiger partial charge in [0.25, 0.3) is 0 Å². The van der Waals surface area contributed by atoms with Crippen molar-refractivity contribution in [2.45, 2.75) is 10.9 Å². The molecule has 0 atom stereocenters. The minimum Gasteiger partial charge on any atom is -0.468 e. The van der Waals surface area contributed by atoms with E-state index in [-0.39, 0.29) is 12.5 Å². The predicted octanol–water partition coefficient (Wildman–Crippen LogP) is 2.44. The van der Waals surface area contributed by atoms with Crippen LogP contribution in [0.2, 0.25) is 0 Å². The highest BCUT2D eigenvalue weighted by atomic mass is 32.2. The minimum absolute atomic E-state index is 0.175. The number of aromatic nitrogens is 2. The maximum Gasteiger partial charge on any atom is 0.325 e. The maximum atomic E-state index is 11.2. The average Bonchev–Trinajstić information content (AvgIpc) is 2.95. The van der Waals surface area contributed by atoms with Gasteiger partial charge in [-0.25, -0.2) is 0 Å². The Morgan fingerprint density at radius 1 is 1.40 bits per heavy atom. The fraction of sp³-hybridized carbons (Fsp3) is 0.308. The van der Waals surface area contributed by atoms with Crippen LogP contribution in [0.25, 0.3) is 0 Å². The molecule has 1 heterocycles. The fourth-order valence-electron chi connectivity index (χ4n) is 1.46. The minimum atomic E-state index is -0.291. The smallest absolute Gasteiger partial charge is 0.325 e. The number of carbonyl (C=O) groups excluding carboxylic acids is 1. The van der Waals surface area contributed by atoms with Gasteiger partial charge >= 0.3 is 5.97 Å². The van der Waals surface area contributed by atoms with Gasteiger partial charge in [0.2, 0.25) is 10.3 Å². The summed E-state index contributed by atoms with van der Waals surface area (Å²) in [5.41, 5.74) is 1.23. The number of carbonyl (C=O) groups is 1. The SMILES string of the molecule is COC(=O)CN(C)c1nc(SCc2ccccc2)ns1. The highest BCUT2D eigenvalue weighted by Gasteiger charge is 2.12. The molecule has 0 bridgehead atoms. The summed E-state index contributed by atoms with van der Waals surface area (Å²) >= 11 is 2.86. The van der Waals surface area contributed by atoms with Crippen molar-refractivity contribution in [2.24, 2.45) is 0 Å². The third-order valence-corrected chi connectivity index (χ3v) is 4.39. The molecule has 0 N–H and O–H groups in total. The van der Waals surface area contributed by atoms with E-state index in [1.165, 1.54) is 24.2 Å². The number of likely N-dealkylation sites (N-methyl/N-ethyl adjacent to an activating group) is 1. The van der Waals surface area contributed by atoms with Crippen molar-refractivity contribution in [3.05, 3.63) is 35.9 Å². The summed E-state index contributed by atoms with van der Waals surface area (Å²) in [6.07, 6.45) is 0. The lowest BCUT2D eigenvalue weighted by Crippen LogP contribution is -2.26. The third kappa shape index (κ3) is 4.21. The second-order valence-electron chi connectivity index (χ2n) is 4.07. The van der Waals surface area contributed by atoms with Crippen molar-refractivity contribution in [1.29, 1.82) is 0 Å². The molecule has 5 nitrogen and oxygen atoms in total. The molecule has 2 aromatic rings. The molecule has 1 aromatic heterocycles. The van der Waals surface area contributed by atoms with Gasteiger partial charge in [-0.2, -0.15) is 9.36 Å². The van der Waals surface area contributed by atoms with Crippen molar-refractivity contribution in [3.63, 3.8) is 0 Å². The second kappa shape index (κ2) is 7.25. The molecule has 0 amide bonds. The van der Waals surface area contributed by atoms with E-state index in [2.05, 4.69) is 26.2 Å². The molecule has 20 heavy (non-hydrogen) atoms. The summed E-state index contributed by atoms with van der Waals surface area (Å²) < 4.78 is 8.91. The van der Waals surface area contributed by atoms with Crippen molar-refractivity contribution in [1.82, 2.24) is 9.36 Å². The summed E-state index contributed by atoms with van der Waals surface area (Å²) in [5.74, 6) is 0.541. The van der Waals surface area contributed by atoms with Crippen LogP contribution >= 0.6 is 23.3 Å². The molecule has 2 rings (SSSR count). The zero-order valence-corrected chi connectivity index (χ0v) is 12.9. The number of benzene rings is 1. The summed E-state index contributed by atoms with van der Waals surface area (Å²) in [6, 6.07) is 10.2. The van der Waals surface area contributed by atoms with E-state index < -0.39 is 0 Å². The number of esters is 1. The van der Waals surface area contributed by atoms with Gasteiger partial charge in [0.1, 0.15) is 6.54 Å². The van der Waals surface area contributed by atoms with Gasteiger partial charge in [-0.05, 0) is 5.56 Å². The fourth-order valence-corrected chi connectivity index (χ4v) is 3.02. The Balaban J connectivity index is 1.90. The molecule has 0 spiro atoms. The normalized spacial score (nSPS) is 10.3. The van der Waals surface area contributed by atoms with Crippen molar-refractivity contribution >= 4 is 34.4 Å². The van der Waals surface area contributed by atoms with Crippen LogP contribution in [0.15, 0.2) is 35.5 Å². The van der Waals surface area contributed by atoms with E-state index in [4.69, 9.17) is 0 Å². The van der Waals surface area contributed by atoms with Crippen LogP contribution in [0, 0.1) is 0 Å². The molecular formula is C13H15N3O2S2. The largest absolute Gasteiger partial charge is 0.468 e. The third-order valence-electron chi connectivity index (χ3n) is 2.53. The lowest BCUT2D eigenvalue weighted by molar-refractivity contribution is -0.138. The Morgan fingerprint density at radius 3 is 2.85 bits per heavy atom. The Morgan fingerprint density at radius 2 is 2.15 bits per heavy atom. The molecule has 0 saturated heterocycles. The van der Waals surface area contributed by atoms with E-state index in [1.54, 1.807) is 23.7 Å². The van der Waals surface area contributed by atoms with Crippen LogP contribution in [0.5, 0.6) is 0 Å². The van der Waals surface area contributed by atoms with Crippen LogP contribution < -0.4 is 4.90 Å². The summed E-state index contributed by atoms with van der Waals surface area (Å²) in [6.45, 7) is 0.175. The number of hydrogen-bond acceptors (Lipinski definition) is 7. The van der Waals surface area contributed by atoms with Gasteiger partial charge in [-0.1, -0.05) is 42.1 Å². The number of rotatable bonds is 6. The van der Waals surface area contributed by atoms with Gasteiger partial charge in [0, 0.05) is 24.3 Å². The number of hydrogen-bond donors (Lipinski definition) is 0. The van der Waals surface area contributed by atoms with E-state index in [0.717, 1.165) is 10.9 Å². The number of ether oxygens (including phenoxy) is 1. The Hall–Kier alpha value is -1.60. The van der Waals surface area contributed by atoms with E-state index >= 15 is 0 Å². The van der Waals surface area contributed by atoms with Crippen LogP contribution in [-0.2, 0) is 15.3 Å².